The molecule has 4 N–H and O–H groups in total. The van der Waals surface area contributed by atoms with Crippen LogP contribution in [0.25, 0.3) is 0 Å². The molecule has 8 heteroatoms. The van der Waals surface area contributed by atoms with Gasteiger partial charge in [-0.25, -0.2) is 0 Å². The summed E-state index contributed by atoms with van der Waals surface area (Å²) < 4.78 is 0. The first-order valence-corrected chi connectivity index (χ1v) is 8.66. The van der Waals surface area contributed by atoms with Crippen LogP contribution in [0.2, 0.25) is 0 Å². The molecule has 0 bridgehead atoms. The SMILES string of the molecule is Br.Br.Br.Br.C.CCCC(C)NCCCNCCCNCCCNCC. The van der Waals surface area contributed by atoms with Crippen LogP contribution in [0, 0.1) is 0 Å². The molecule has 0 fully saturated rings. The van der Waals surface area contributed by atoms with E-state index in [9.17, 15) is 0 Å². The quantitative estimate of drug-likeness (QED) is 0.188. The van der Waals surface area contributed by atoms with E-state index in [0.29, 0.717) is 6.04 Å². The summed E-state index contributed by atoms with van der Waals surface area (Å²) in [6.45, 7) is 14.5. The molecule has 0 aliphatic heterocycles. The van der Waals surface area contributed by atoms with Gasteiger partial charge < -0.3 is 21.3 Å². The van der Waals surface area contributed by atoms with Crippen LogP contribution in [-0.2, 0) is 0 Å². The van der Waals surface area contributed by atoms with Gasteiger partial charge in [0.25, 0.3) is 0 Å². The molecule has 0 amide bonds. The third-order valence-electron chi connectivity index (χ3n) is 3.41. The van der Waals surface area contributed by atoms with Gasteiger partial charge in [-0.05, 0) is 78.4 Å². The Hall–Kier alpha value is 1.76. The van der Waals surface area contributed by atoms with Crippen molar-refractivity contribution in [3.05, 3.63) is 0 Å². The van der Waals surface area contributed by atoms with Gasteiger partial charge in [0.2, 0.25) is 0 Å². The molecule has 0 aromatic rings. The second kappa shape index (κ2) is 36.6. The molecule has 0 radical (unpaired) electrons. The largest absolute Gasteiger partial charge is 0.317 e. The molecule has 1 atom stereocenters. The highest BCUT2D eigenvalue weighted by Crippen LogP contribution is 1.94. The molecular weight excluding hydrogens is 580 g/mol. The zero-order chi connectivity index (χ0) is 14.9. The number of rotatable bonds is 16. The number of hydrogen-bond acceptors (Lipinski definition) is 4. The van der Waals surface area contributed by atoms with E-state index in [1.165, 1.54) is 32.1 Å². The fourth-order valence-corrected chi connectivity index (χ4v) is 2.20. The Morgan fingerprint density at radius 2 is 1.04 bits per heavy atom. The monoisotopic (exact) mass is 622 g/mol. The van der Waals surface area contributed by atoms with Crippen LogP contribution in [0.1, 0.15) is 60.3 Å². The Morgan fingerprint density at radius 1 is 0.640 bits per heavy atom. The molecule has 0 aromatic heterocycles. The number of hydrogen-bond donors (Lipinski definition) is 4. The van der Waals surface area contributed by atoms with E-state index in [-0.39, 0.29) is 75.4 Å². The summed E-state index contributed by atoms with van der Waals surface area (Å²) in [4.78, 5) is 0. The van der Waals surface area contributed by atoms with E-state index in [0.717, 1.165) is 45.8 Å². The molecule has 0 rings (SSSR count). The average Bonchev–Trinajstić information content (AvgIpc) is 2.44. The van der Waals surface area contributed by atoms with Crippen molar-refractivity contribution < 1.29 is 0 Å². The van der Waals surface area contributed by atoms with Crippen LogP contribution in [0.5, 0.6) is 0 Å². The van der Waals surface area contributed by atoms with Crippen molar-refractivity contribution in [1.82, 2.24) is 21.3 Å². The van der Waals surface area contributed by atoms with Gasteiger partial charge in [-0.2, -0.15) is 0 Å². The molecule has 0 saturated carbocycles. The second-order valence-electron chi connectivity index (χ2n) is 5.56. The minimum Gasteiger partial charge on any atom is -0.317 e. The summed E-state index contributed by atoms with van der Waals surface area (Å²) in [6, 6.07) is 0.673. The highest BCUT2D eigenvalue weighted by Gasteiger charge is 1.97. The van der Waals surface area contributed by atoms with Crippen molar-refractivity contribution in [3.8, 4) is 0 Å². The van der Waals surface area contributed by atoms with Crippen molar-refractivity contribution in [1.29, 1.82) is 0 Å². The first kappa shape index (κ1) is 41.2. The molecule has 1 unspecified atom stereocenters. The lowest BCUT2D eigenvalue weighted by atomic mass is 10.2. The second-order valence-corrected chi connectivity index (χ2v) is 5.56. The molecule has 0 heterocycles. The predicted octanol–water partition coefficient (Wildman–Crippen LogP) is 4.67. The van der Waals surface area contributed by atoms with E-state index in [1.807, 2.05) is 0 Å². The van der Waals surface area contributed by atoms with Crippen LogP contribution in [0.15, 0.2) is 0 Å². The summed E-state index contributed by atoms with van der Waals surface area (Å²) in [5.74, 6) is 0. The maximum absolute atomic E-state index is 3.56. The topological polar surface area (TPSA) is 48.1 Å². The van der Waals surface area contributed by atoms with Crippen LogP contribution in [-0.4, -0.2) is 51.9 Å². The normalized spacial score (nSPS) is 10.2. The van der Waals surface area contributed by atoms with Gasteiger partial charge >= 0.3 is 0 Å². The molecular formula is C17H46Br4N4. The van der Waals surface area contributed by atoms with E-state index >= 15 is 0 Å². The zero-order valence-corrected chi connectivity index (χ0v) is 22.5. The summed E-state index contributed by atoms with van der Waals surface area (Å²) in [5.41, 5.74) is 0. The molecule has 162 valence electrons. The Kier molecular flexibility index (Phi) is 60.4. The minimum absolute atomic E-state index is 0. The van der Waals surface area contributed by atoms with Crippen molar-refractivity contribution >= 4 is 67.9 Å². The molecule has 25 heavy (non-hydrogen) atoms. The van der Waals surface area contributed by atoms with Crippen molar-refractivity contribution in [2.24, 2.45) is 0 Å². The van der Waals surface area contributed by atoms with Crippen LogP contribution >= 0.6 is 67.9 Å². The van der Waals surface area contributed by atoms with Crippen LogP contribution < -0.4 is 21.3 Å². The Labute approximate surface area is 200 Å². The first-order valence-electron chi connectivity index (χ1n) is 8.66. The Morgan fingerprint density at radius 3 is 1.44 bits per heavy atom. The van der Waals surface area contributed by atoms with Crippen LogP contribution in [0.4, 0.5) is 0 Å². The van der Waals surface area contributed by atoms with Gasteiger partial charge in [-0.3, -0.25) is 0 Å². The minimum atomic E-state index is 0. The fraction of sp³-hybridized carbons (Fsp3) is 1.00. The van der Waals surface area contributed by atoms with Gasteiger partial charge in [-0.15, -0.1) is 67.9 Å². The van der Waals surface area contributed by atoms with E-state index in [2.05, 4.69) is 42.0 Å². The maximum atomic E-state index is 3.56. The third-order valence-corrected chi connectivity index (χ3v) is 3.41. The molecule has 4 nitrogen and oxygen atoms in total. The molecule has 0 spiro atoms. The Bertz CT molecular complexity index is 192. The highest BCUT2D eigenvalue weighted by atomic mass is 79.9. The van der Waals surface area contributed by atoms with E-state index < -0.39 is 0 Å². The third kappa shape index (κ3) is 37.2. The van der Waals surface area contributed by atoms with Crippen molar-refractivity contribution in [2.45, 2.75) is 66.3 Å². The van der Waals surface area contributed by atoms with Gasteiger partial charge in [0.15, 0.2) is 0 Å². The summed E-state index contributed by atoms with van der Waals surface area (Å²) in [7, 11) is 0. The van der Waals surface area contributed by atoms with Gasteiger partial charge in [-0.1, -0.05) is 27.7 Å². The summed E-state index contributed by atoms with van der Waals surface area (Å²) in [6.07, 6.45) is 6.23. The average molecular weight is 626 g/mol. The molecule has 0 aliphatic carbocycles. The summed E-state index contributed by atoms with van der Waals surface area (Å²) in [5, 5.41) is 13.9. The summed E-state index contributed by atoms with van der Waals surface area (Å²) >= 11 is 0. The molecule has 0 aliphatic rings. The fourth-order valence-electron chi connectivity index (χ4n) is 2.20. The van der Waals surface area contributed by atoms with Gasteiger partial charge in [0.1, 0.15) is 0 Å². The molecule has 0 saturated heterocycles. The number of nitrogens with one attached hydrogen (secondary N) is 4. The smallest absolute Gasteiger partial charge is 0.00386 e. The predicted molar refractivity (Wildman–Crippen MR) is 139 cm³/mol. The van der Waals surface area contributed by atoms with Crippen LogP contribution in [0.3, 0.4) is 0 Å². The first-order chi connectivity index (χ1) is 9.81. The van der Waals surface area contributed by atoms with E-state index in [4.69, 9.17) is 0 Å². The lowest BCUT2D eigenvalue weighted by Crippen LogP contribution is -2.30. The van der Waals surface area contributed by atoms with Gasteiger partial charge in [0.05, 0.1) is 0 Å². The lowest BCUT2D eigenvalue weighted by molar-refractivity contribution is 0.490. The van der Waals surface area contributed by atoms with E-state index in [1.54, 1.807) is 0 Å². The highest BCUT2D eigenvalue weighted by molar-refractivity contribution is 8.93. The lowest BCUT2D eigenvalue weighted by Gasteiger charge is -2.12. The Balaban J connectivity index is -0.000000180. The van der Waals surface area contributed by atoms with Gasteiger partial charge in [0, 0.05) is 6.04 Å². The van der Waals surface area contributed by atoms with Crippen molar-refractivity contribution in [2.75, 3.05) is 45.8 Å². The standard InChI is InChI=1S/C16H38N4.CH4.4BrH/c1-4-9-16(3)20-15-8-14-19-13-7-12-18-11-6-10-17-5-2;;;;;/h16-20H,4-15H2,1-3H3;1H4;4*1H. The zero-order valence-electron chi connectivity index (χ0n) is 15.7. The molecule has 0 aromatic carbocycles. The van der Waals surface area contributed by atoms with Crippen molar-refractivity contribution in [3.63, 3.8) is 0 Å². The maximum Gasteiger partial charge on any atom is 0.00386 e. The number of halogens is 4.